The van der Waals surface area contributed by atoms with E-state index in [2.05, 4.69) is 25.3 Å². The summed E-state index contributed by atoms with van der Waals surface area (Å²) in [6, 6.07) is 5.84. The summed E-state index contributed by atoms with van der Waals surface area (Å²) < 4.78 is 6.16. The Kier molecular flexibility index (Phi) is 3.48. The van der Waals surface area contributed by atoms with Crippen LogP contribution in [0.2, 0.25) is 0 Å². The zero-order valence-corrected chi connectivity index (χ0v) is 19.9. The van der Waals surface area contributed by atoms with Gasteiger partial charge in [0.2, 0.25) is 0 Å². The fraction of sp³-hybridized carbons (Fsp3) is 0.615. The highest BCUT2D eigenvalue weighted by Crippen LogP contribution is 2.77. The number of rotatable bonds is 1. The van der Waals surface area contributed by atoms with Crippen molar-refractivity contribution in [2.45, 2.75) is 80.8 Å². The van der Waals surface area contributed by atoms with Crippen LogP contribution in [0.1, 0.15) is 52.2 Å². The molecule has 2 saturated carbocycles. The minimum atomic E-state index is -1.85. The van der Waals surface area contributed by atoms with Gasteiger partial charge in [0.15, 0.2) is 11.2 Å². The van der Waals surface area contributed by atoms with Crippen LogP contribution in [-0.4, -0.2) is 44.6 Å². The van der Waals surface area contributed by atoms with Gasteiger partial charge in [-0.05, 0) is 44.2 Å². The highest BCUT2D eigenvalue weighted by Gasteiger charge is 2.93. The van der Waals surface area contributed by atoms with E-state index in [-0.39, 0.29) is 6.10 Å². The lowest BCUT2D eigenvalue weighted by atomic mass is 9.36. The van der Waals surface area contributed by atoms with Gasteiger partial charge in [0.25, 0.3) is 5.54 Å². The summed E-state index contributed by atoms with van der Waals surface area (Å²) in [4.78, 5) is 9.17. The molecule has 0 aromatic heterocycles. The second-order valence-corrected chi connectivity index (χ2v) is 12.2. The van der Waals surface area contributed by atoms with Gasteiger partial charge in [0.1, 0.15) is 12.2 Å². The van der Waals surface area contributed by atoms with E-state index in [9.17, 15) is 10.2 Å². The third kappa shape index (κ3) is 1.61. The highest BCUT2D eigenvalue weighted by atomic mass is 35.5. The molecule has 0 bridgehead atoms. The Morgan fingerprint density at radius 1 is 1.25 bits per heavy atom. The molecule has 6 heteroatoms. The summed E-state index contributed by atoms with van der Waals surface area (Å²) >= 11 is 7.13. The van der Waals surface area contributed by atoms with Crippen molar-refractivity contribution in [3.63, 3.8) is 0 Å². The first-order valence-electron chi connectivity index (χ1n) is 11.3. The second kappa shape index (κ2) is 5.33. The van der Waals surface area contributed by atoms with E-state index in [0.29, 0.717) is 23.4 Å². The smallest absolute Gasteiger partial charge is 0.282 e. The number of epoxide rings is 1. The van der Waals surface area contributed by atoms with Crippen molar-refractivity contribution in [1.29, 1.82) is 0 Å². The fourth-order valence-corrected chi connectivity index (χ4v) is 8.89. The molecule has 32 heavy (non-hydrogen) atoms. The lowest BCUT2D eigenvalue weighted by molar-refractivity contribution is -0.263. The van der Waals surface area contributed by atoms with Crippen LogP contribution < -0.4 is 0 Å². The molecule has 1 aromatic rings. The van der Waals surface area contributed by atoms with E-state index in [1.807, 2.05) is 39.0 Å². The van der Waals surface area contributed by atoms with Crippen molar-refractivity contribution in [2.24, 2.45) is 21.7 Å². The average molecular weight is 453 g/mol. The molecular weight excluding hydrogens is 424 g/mol. The Bertz CT molecular complexity index is 1180. The van der Waals surface area contributed by atoms with E-state index < -0.39 is 50.4 Å². The topological polar surface area (TPSA) is 69.7 Å². The molecule has 2 aliphatic heterocycles. The van der Waals surface area contributed by atoms with Crippen molar-refractivity contribution in [3.8, 4) is 0 Å². The van der Waals surface area contributed by atoms with Gasteiger partial charge in [-0.3, -0.25) is 4.99 Å². The minimum Gasteiger partial charge on any atom is -0.378 e. The highest BCUT2D eigenvalue weighted by molar-refractivity contribution is 6.21. The van der Waals surface area contributed by atoms with Crippen molar-refractivity contribution < 1.29 is 14.9 Å². The predicted octanol–water partition coefficient (Wildman–Crippen LogP) is 4.27. The molecule has 3 aliphatic carbocycles. The summed E-state index contributed by atoms with van der Waals surface area (Å²) in [6.07, 6.45) is 1.35. The van der Waals surface area contributed by atoms with Gasteiger partial charge in [-0.2, -0.15) is 0 Å². The monoisotopic (exact) mass is 452 g/mol. The zero-order chi connectivity index (χ0) is 23.3. The first-order chi connectivity index (χ1) is 14.8. The molecule has 5 aliphatic rings. The molecular formula is C26H29ClN2O3. The van der Waals surface area contributed by atoms with E-state index in [1.54, 1.807) is 6.08 Å². The summed E-state index contributed by atoms with van der Waals surface area (Å²) in [5.41, 5.74) is -4.91. The van der Waals surface area contributed by atoms with E-state index in [1.165, 1.54) is 0 Å². The summed E-state index contributed by atoms with van der Waals surface area (Å²) in [5, 5.41) is 25.5. The quantitative estimate of drug-likeness (QED) is 0.289. The molecule has 0 spiro atoms. The Labute approximate surface area is 194 Å². The Morgan fingerprint density at radius 3 is 2.56 bits per heavy atom. The van der Waals surface area contributed by atoms with Crippen molar-refractivity contribution in [2.75, 3.05) is 0 Å². The van der Waals surface area contributed by atoms with Crippen molar-refractivity contribution in [1.82, 2.24) is 0 Å². The number of fused-ring (bicyclic) bond motifs is 2. The van der Waals surface area contributed by atoms with Gasteiger partial charge < -0.3 is 19.8 Å². The number of aliphatic imine (C=N–C) groups is 1. The molecule has 0 radical (unpaired) electrons. The van der Waals surface area contributed by atoms with Crippen LogP contribution in [0.4, 0.5) is 5.69 Å². The van der Waals surface area contributed by atoms with E-state index in [4.69, 9.17) is 27.9 Å². The average Bonchev–Trinajstić information content (AvgIpc) is 3.48. The first-order valence-corrected chi connectivity index (χ1v) is 11.8. The molecule has 1 saturated heterocycles. The minimum absolute atomic E-state index is 0.364. The molecule has 2 N–H and O–H groups in total. The van der Waals surface area contributed by atoms with Gasteiger partial charge in [0.05, 0.1) is 27.6 Å². The number of alkyl halides is 1. The van der Waals surface area contributed by atoms with Crippen LogP contribution >= 0.6 is 11.6 Å². The van der Waals surface area contributed by atoms with Gasteiger partial charge in [-0.25, -0.2) is 6.57 Å². The van der Waals surface area contributed by atoms with E-state index >= 15 is 0 Å². The van der Waals surface area contributed by atoms with Crippen LogP contribution in [0, 0.1) is 23.3 Å². The number of hydrogen-bond acceptors (Lipinski definition) is 4. The predicted molar refractivity (Wildman–Crippen MR) is 123 cm³/mol. The van der Waals surface area contributed by atoms with Gasteiger partial charge in [-0.1, -0.05) is 32.1 Å². The molecule has 0 unspecified atom stereocenters. The molecule has 0 amide bonds. The lowest BCUT2D eigenvalue weighted by Crippen LogP contribution is -2.84. The number of nitrogens with zero attached hydrogens (tertiary/aromatic N) is 2. The standard InChI is InChI=1S/C26H29ClN2O3/c1-8-23(6)16(27)12-15-21(2,3)13-10-9-11-14-17(13)24(30)19(29-14)18-20(32-18)22(4,5)26(23,28-7)25(15,24)31/h8-11,15-16,18,20,30-31H,1,12H2,2-6H3/t15-,16-,18+,20+,23+,24-,25-,26+/m1/s1. The van der Waals surface area contributed by atoms with Crippen LogP contribution in [-0.2, 0) is 15.8 Å². The van der Waals surface area contributed by atoms with Crippen LogP contribution in [0.5, 0.6) is 0 Å². The van der Waals surface area contributed by atoms with Crippen molar-refractivity contribution >= 4 is 23.0 Å². The number of hydrogen-bond donors (Lipinski definition) is 2. The Morgan fingerprint density at radius 2 is 1.94 bits per heavy atom. The second-order valence-electron chi connectivity index (χ2n) is 11.7. The maximum atomic E-state index is 13.2. The number of halogens is 1. The molecule has 8 atom stereocenters. The maximum absolute atomic E-state index is 13.2. The zero-order valence-electron chi connectivity index (χ0n) is 19.1. The largest absolute Gasteiger partial charge is 0.378 e. The van der Waals surface area contributed by atoms with Crippen molar-refractivity contribution in [3.05, 3.63) is 53.4 Å². The number of ether oxygens (including phenoxy) is 1. The SMILES string of the molecule is [C-]#[N+][C@]12C(C)(C)[C@H]3O[C@H]3C3=Nc4cccc5c4[C@]3(O)[C@]1(O)[C@H](C[C@@H](Cl)[C@]2(C)C=C)C5(C)C. The summed E-state index contributed by atoms with van der Waals surface area (Å²) in [5.74, 6) is -0.479. The van der Waals surface area contributed by atoms with E-state index in [0.717, 1.165) is 5.56 Å². The maximum Gasteiger partial charge on any atom is 0.282 e. The molecule has 3 fully saturated rings. The van der Waals surface area contributed by atoms with Gasteiger partial charge in [0, 0.05) is 11.5 Å². The third-order valence-electron chi connectivity index (χ3n) is 10.1. The van der Waals surface area contributed by atoms with Crippen LogP contribution in [0.25, 0.3) is 4.85 Å². The number of benzene rings is 1. The van der Waals surface area contributed by atoms with Crippen LogP contribution in [0.3, 0.4) is 0 Å². The molecule has 168 valence electrons. The Balaban J connectivity index is 1.86. The number of aliphatic hydroxyl groups is 2. The fourth-order valence-electron chi connectivity index (χ4n) is 8.46. The molecule has 2 heterocycles. The molecule has 1 aromatic carbocycles. The van der Waals surface area contributed by atoms with Gasteiger partial charge in [-0.15, -0.1) is 18.2 Å². The lowest BCUT2D eigenvalue weighted by Gasteiger charge is -2.68. The molecule has 5 nitrogen and oxygen atoms in total. The first kappa shape index (κ1) is 20.9. The Hall–Kier alpha value is -1.71. The van der Waals surface area contributed by atoms with Gasteiger partial charge >= 0.3 is 0 Å². The van der Waals surface area contributed by atoms with Crippen LogP contribution in [0.15, 0.2) is 35.8 Å². The summed E-state index contributed by atoms with van der Waals surface area (Å²) in [7, 11) is 0. The summed E-state index contributed by atoms with van der Waals surface area (Å²) in [6.45, 7) is 22.8. The molecule has 6 rings (SSSR count). The third-order valence-corrected chi connectivity index (χ3v) is 10.7. The normalized spacial score (nSPS) is 50.3.